The Labute approximate surface area is 147 Å². The molecule has 2 saturated carbocycles. The van der Waals surface area contributed by atoms with E-state index in [1.54, 1.807) is 0 Å². The van der Waals surface area contributed by atoms with Crippen LogP contribution in [0.1, 0.15) is 53.8 Å². The van der Waals surface area contributed by atoms with Crippen LogP contribution < -0.4 is 0 Å². The van der Waals surface area contributed by atoms with Crippen LogP contribution in [-0.2, 0) is 0 Å². The number of thioether (sulfide) groups is 1. The average Bonchev–Trinajstić information content (AvgIpc) is 3.44. The molecule has 4 nitrogen and oxygen atoms in total. The van der Waals surface area contributed by atoms with Crippen molar-refractivity contribution in [2.75, 3.05) is 5.75 Å². The smallest absolute Gasteiger partial charge is 0.191 e. The number of hydrogen-bond acceptors (Lipinski definition) is 4. The van der Waals surface area contributed by atoms with E-state index in [1.165, 1.54) is 37.4 Å². The van der Waals surface area contributed by atoms with E-state index in [0.717, 1.165) is 20.1 Å². The molecule has 4 rings (SSSR count). The van der Waals surface area contributed by atoms with Crippen molar-refractivity contribution < 1.29 is 4.79 Å². The highest BCUT2D eigenvalue weighted by molar-refractivity contribution is 14.1. The van der Waals surface area contributed by atoms with E-state index in [0.29, 0.717) is 17.7 Å². The van der Waals surface area contributed by atoms with Gasteiger partial charge in [-0.25, -0.2) is 0 Å². The second-order valence-corrected chi connectivity index (χ2v) is 8.12. The molecule has 0 atom stereocenters. The largest absolute Gasteiger partial charge is 0.303 e. The van der Waals surface area contributed by atoms with Crippen LogP contribution in [0.15, 0.2) is 29.4 Å². The van der Waals surface area contributed by atoms with Crippen molar-refractivity contribution in [2.45, 2.75) is 42.8 Å². The van der Waals surface area contributed by atoms with Gasteiger partial charge in [-0.2, -0.15) is 0 Å². The van der Waals surface area contributed by atoms with Crippen molar-refractivity contribution in [1.82, 2.24) is 14.8 Å². The van der Waals surface area contributed by atoms with Gasteiger partial charge in [0.15, 0.2) is 10.9 Å². The number of rotatable bonds is 6. The number of benzene rings is 1. The van der Waals surface area contributed by atoms with Crippen LogP contribution in [-0.4, -0.2) is 26.3 Å². The Morgan fingerprint density at radius 3 is 2.55 bits per heavy atom. The third kappa shape index (κ3) is 3.08. The van der Waals surface area contributed by atoms with E-state index < -0.39 is 0 Å². The molecular formula is C16H16IN3OS. The Hall–Kier alpha value is -0.890. The lowest BCUT2D eigenvalue weighted by Gasteiger charge is -2.07. The maximum atomic E-state index is 12.3. The Kier molecular flexibility index (Phi) is 3.98. The van der Waals surface area contributed by atoms with Gasteiger partial charge < -0.3 is 4.57 Å². The molecule has 0 spiro atoms. The fourth-order valence-electron chi connectivity index (χ4n) is 2.53. The highest BCUT2D eigenvalue weighted by Crippen LogP contribution is 2.46. The number of nitrogens with zero attached hydrogens (tertiary/aromatic N) is 3. The van der Waals surface area contributed by atoms with E-state index in [-0.39, 0.29) is 5.78 Å². The predicted molar refractivity (Wildman–Crippen MR) is 94.5 cm³/mol. The first-order valence-electron chi connectivity index (χ1n) is 7.59. The third-order valence-corrected chi connectivity index (χ3v) is 5.71. The summed E-state index contributed by atoms with van der Waals surface area (Å²) in [5.41, 5.74) is 0.771. The molecule has 2 fully saturated rings. The van der Waals surface area contributed by atoms with E-state index in [9.17, 15) is 4.79 Å². The van der Waals surface area contributed by atoms with Gasteiger partial charge in [-0.3, -0.25) is 4.79 Å². The second kappa shape index (κ2) is 5.96. The van der Waals surface area contributed by atoms with Crippen molar-refractivity contribution in [3.8, 4) is 0 Å². The van der Waals surface area contributed by atoms with Crippen molar-refractivity contribution in [3.63, 3.8) is 0 Å². The van der Waals surface area contributed by atoms with Gasteiger partial charge in [0.25, 0.3) is 0 Å². The maximum Gasteiger partial charge on any atom is 0.191 e. The molecule has 0 N–H and O–H groups in total. The van der Waals surface area contributed by atoms with Crippen LogP contribution in [0, 0.1) is 3.57 Å². The van der Waals surface area contributed by atoms with Gasteiger partial charge in [0.2, 0.25) is 0 Å². The van der Waals surface area contributed by atoms with Gasteiger partial charge in [-0.05, 0) is 60.4 Å². The fourth-order valence-corrected chi connectivity index (χ4v) is 3.80. The zero-order valence-corrected chi connectivity index (χ0v) is 15.0. The van der Waals surface area contributed by atoms with Gasteiger partial charge >= 0.3 is 0 Å². The number of ketones is 1. The first kappa shape index (κ1) is 14.7. The molecule has 0 radical (unpaired) electrons. The minimum atomic E-state index is 0.153. The molecule has 0 unspecified atom stereocenters. The Morgan fingerprint density at radius 1 is 1.18 bits per heavy atom. The van der Waals surface area contributed by atoms with Gasteiger partial charge in [0, 0.05) is 21.1 Å². The summed E-state index contributed by atoms with van der Waals surface area (Å²) < 4.78 is 3.44. The number of carbonyl (C=O) groups is 1. The summed E-state index contributed by atoms with van der Waals surface area (Å²) in [5, 5.41) is 9.64. The lowest BCUT2D eigenvalue weighted by Crippen LogP contribution is -2.06. The minimum Gasteiger partial charge on any atom is -0.303 e. The lowest BCUT2D eigenvalue weighted by atomic mass is 10.2. The zero-order valence-electron chi connectivity index (χ0n) is 12.0. The number of Topliss-reactive ketones (excluding diaryl/α,β-unsaturated/α-hetero) is 1. The zero-order chi connectivity index (χ0) is 15.1. The van der Waals surface area contributed by atoms with E-state index in [1.807, 2.05) is 24.3 Å². The molecule has 2 aliphatic rings. The Bertz CT molecular complexity index is 705. The number of halogens is 1. The van der Waals surface area contributed by atoms with E-state index >= 15 is 0 Å². The second-order valence-electron chi connectivity index (χ2n) is 5.93. The average molecular weight is 425 g/mol. The Balaban J connectivity index is 1.47. The van der Waals surface area contributed by atoms with E-state index in [2.05, 4.69) is 37.4 Å². The first-order chi connectivity index (χ1) is 10.7. The Morgan fingerprint density at radius 2 is 1.91 bits per heavy atom. The van der Waals surface area contributed by atoms with Gasteiger partial charge in [0.1, 0.15) is 5.82 Å². The lowest BCUT2D eigenvalue weighted by molar-refractivity contribution is 0.102. The van der Waals surface area contributed by atoms with Crippen LogP contribution in [0.25, 0.3) is 0 Å². The van der Waals surface area contributed by atoms with Crippen molar-refractivity contribution in [2.24, 2.45) is 0 Å². The van der Waals surface area contributed by atoms with Crippen LogP contribution >= 0.6 is 34.4 Å². The molecule has 2 aromatic rings. The highest BCUT2D eigenvalue weighted by atomic mass is 127. The molecule has 2 aliphatic carbocycles. The topological polar surface area (TPSA) is 47.8 Å². The van der Waals surface area contributed by atoms with Crippen LogP contribution in [0.3, 0.4) is 0 Å². The summed E-state index contributed by atoms with van der Waals surface area (Å²) >= 11 is 3.77. The summed E-state index contributed by atoms with van der Waals surface area (Å²) in [6.07, 6.45) is 4.90. The summed E-state index contributed by atoms with van der Waals surface area (Å²) in [5.74, 6) is 2.33. The van der Waals surface area contributed by atoms with Crippen LogP contribution in [0.2, 0.25) is 0 Å². The summed E-state index contributed by atoms with van der Waals surface area (Å²) in [4.78, 5) is 12.3. The molecule has 1 heterocycles. The van der Waals surface area contributed by atoms with E-state index in [4.69, 9.17) is 0 Å². The molecule has 114 valence electrons. The highest BCUT2D eigenvalue weighted by Gasteiger charge is 2.36. The van der Waals surface area contributed by atoms with Crippen LogP contribution in [0.4, 0.5) is 0 Å². The monoisotopic (exact) mass is 425 g/mol. The number of aromatic nitrogens is 3. The summed E-state index contributed by atoms with van der Waals surface area (Å²) in [6.45, 7) is 0. The minimum absolute atomic E-state index is 0.153. The molecule has 0 bridgehead atoms. The number of hydrogen-bond donors (Lipinski definition) is 0. The predicted octanol–water partition coefficient (Wildman–Crippen LogP) is 4.07. The normalized spacial score (nSPS) is 17.7. The van der Waals surface area contributed by atoms with Crippen molar-refractivity contribution in [1.29, 1.82) is 0 Å². The first-order valence-corrected chi connectivity index (χ1v) is 9.65. The standard InChI is InChI=1S/C16H16IN3OS/c17-12-5-3-10(4-6-12)14(21)9-22-16-19-18-15(11-1-2-11)20(16)13-7-8-13/h3-6,11,13H,1-2,7-9H2. The summed E-state index contributed by atoms with van der Waals surface area (Å²) in [6, 6.07) is 8.30. The molecule has 0 saturated heterocycles. The molecule has 6 heteroatoms. The van der Waals surface area contributed by atoms with Gasteiger partial charge in [0.05, 0.1) is 5.75 Å². The molecule has 0 amide bonds. The van der Waals surface area contributed by atoms with Crippen LogP contribution in [0.5, 0.6) is 0 Å². The SMILES string of the molecule is O=C(CSc1nnc(C2CC2)n1C1CC1)c1ccc(I)cc1. The molecular weight excluding hydrogens is 409 g/mol. The van der Waals surface area contributed by atoms with Gasteiger partial charge in [-0.15, -0.1) is 10.2 Å². The number of carbonyl (C=O) groups excluding carboxylic acids is 1. The van der Waals surface area contributed by atoms with Crippen molar-refractivity contribution >= 4 is 40.1 Å². The molecule has 22 heavy (non-hydrogen) atoms. The maximum absolute atomic E-state index is 12.3. The van der Waals surface area contributed by atoms with Gasteiger partial charge in [-0.1, -0.05) is 23.9 Å². The quantitative estimate of drug-likeness (QED) is 0.398. The fraction of sp³-hybridized carbons (Fsp3) is 0.438. The molecule has 1 aromatic heterocycles. The third-order valence-electron chi connectivity index (χ3n) is 4.04. The molecule has 0 aliphatic heterocycles. The molecule has 1 aromatic carbocycles. The summed E-state index contributed by atoms with van der Waals surface area (Å²) in [7, 11) is 0. The van der Waals surface area contributed by atoms with Crippen molar-refractivity contribution in [3.05, 3.63) is 39.2 Å².